The third-order valence-corrected chi connectivity index (χ3v) is 4.58. The summed E-state index contributed by atoms with van der Waals surface area (Å²) in [5, 5.41) is 0. The molecule has 106 valence electrons. The summed E-state index contributed by atoms with van der Waals surface area (Å²) < 4.78 is 45.1. The molecular formula is C13H11BrFNO3S. The molecule has 0 spiro atoms. The molecule has 0 amide bonds. The van der Waals surface area contributed by atoms with Crippen molar-refractivity contribution in [3.05, 3.63) is 52.8 Å². The molecule has 2 aromatic rings. The van der Waals surface area contributed by atoms with Crippen LogP contribution < -0.4 is 9.46 Å². The van der Waals surface area contributed by atoms with Crippen molar-refractivity contribution in [1.29, 1.82) is 0 Å². The first-order chi connectivity index (χ1) is 9.42. The summed E-state index contributed by atoms with van der Waals surface area (Å²) in [7, 11) is -2.26. The summed E-state index contributed by atoms with van der Waals surface area (Å²) in [6, 6.07) is 9.90. The van der Waals surface area contributed by atoms with Crippen LogP contribution in [0.25, 0.3) is 0 Å². The van der Waals surface area contributed by atoms with Crippen LogP contribution in [0.5, 0.6) is 5.75 Å². The summed E-state index contributed by atoms with van der Waals surface area (Å²) in [5.41, 5.74) is 0.154. The SMILES string of the molecule is COc1ccc(S(=O)(=O)Nc2ccc(Br)c(F)c2)cc1. The van der Waals surface area contributed by atoms with Gasteiger partial charge in [0.1, 0.15) is 11.6 Å². The molecule has 4 nitrogen and oxygen atoms in total. The van der Waals surface area contributed by atoms with Gasteiger partial charge in [-0.25, -0.2) is 12.8 Å². The van der Waals surface area contributed by atoms with Crippen LogP contribution in [0.4, 0.5) is 10.1 Å². The second-order valence-electron chi connectivity index (χ2n) is 3.91. The first-order valence-electron chi connectivity index (χ1n) is 5.54. The average Bonchev–Trinajstić information content (AvgIpc) is 2.43. The van der Waals surface area contributed by atoms with Gasteiger partial charge < -0.3 is 4.74 Å². The summed E-state index contributed by atoms with van der Waals surface area (Å²) >= 11 is 3.00. The van der Waals surface area contributed by atoms with Gasteiger partial charge in [-0.3, -0.25) is 4.72 Å². The zero-order valence-corrected chi connectivity index (χ0v) is 12.8. The standard InChI is InChI=1S/C13H11BrFNO3S/c1-19-10-3-5-11(6-4-10)20(17,18)16-9-2-7-12(14)13(15)8-9/h2-8,16H,1H3. The van der Waals surface area contributed by atoms with E-state index in [1.807, 2.05) is 0 Å². The molecule has 2 aromatic carbocycles. The van der Waals surface area contributed by atoms with E-state index in [-0.39, 0.29) is 15.1 Å². The van der Waals surface area contributed by atoms with Crippen LogP contribution in [0.2, 0.25) is 0 Å². The van der Waals surface area contributed by atoms with Crippen LogP contribution >= 0.6 is 15.9 Å². The van der Waals surface area contributed by atoms with E-state index < -0.39 is 15.8 Å². The Kier molecular flexibility index (Phi) is 4.29. The lowest BCUT2D eigenvalue weighted by Crippen LogP contribution is -2.13. The van der Waals surface area contributed by atoms with Crippen LogP contribution in [0, 0.1) is 5.82 Å². The van der Waals surface area contributed by atoms with Gasteiger partial charge in [0.05, 0.1) is 22.2 Å². The van der Waals surface area contributed by atoms with Gasteiger partial charge in [0, 0.05) is 0 Å². The lowest BCUT2D eigenvalue weighted by molar-refractivity contribution is 0.414. The van der Waals surface area contributed by atoms with Gasteiger partial charge in [-0.2, -0.15) is 0 Å². The van der Waals surface area contributed by atoms with Crippen LogP contribution in [-0.2, 0) is 10.0 Å². The number of rotatable bonds is 4. The second-order valence-corrected chi connectivity index (χ2v) is 6.45. The van der Waals surface area contributed by atoms with Gasteiger partial charge in [-0.1, -0.05) is 0 Å². The smallest absolute Gasteiger partial charge is 0.261 e. The Morgan fingerprint density at radius 2 is 1.80 bits per heavy atom. The molecule has 0 saturated carbocycles. The van der Waals surface area contributed by atoms with E-state index in [4.69, 9.17) is 4.74 Å². The van der Waals surface area contributed by atoms with Gasteiger partial charge in [0.15, 0.2) is 0 Å². The van der Waals surface area contributed by atoms with E-state index in [1.54, 1.807) is 0 Å². The fourth-order valence-electron chi connectivity index (χ4n) is 1.53. The molecule has 0 fully saturated rings. The molecule has 7 heteroatoms. The van der Waals surface area contributed by atoms with Crippen LogP contribution in [0.1, 0.15) is 0 Å². The molecular weight excluding hydrogens is 349 g/mol. The van der Waals surface area contributed by atoms with E-state index in [0.29, 0.717) is 5.75 Å². The first-order valence-corrected chi connectivity index (χ1v) is 7.82. The molecule has 0 aromatic heterocycles. The predicted octanol–water partition coefficient (Wildman–Crippen LogP) is 3.40. The average molecular weight is 360 g/mol. The number of hydrogen-bond donors (Lipinski definition) is 1. The highest BCUT2D eigenvalue weighted by atomic mass is 79.9. The molecule has 0 bridgehead atoms. The van der Waals surface area contributed by atoms with E-state index >= 15 is 0 Å². The molecule has 0 radical (unpaired) electrons. The van der Waals surface area contributed by atoms with Gasteiger partial charge in [-0.05, 0) is 58.4 Å². The van der Waals surface area contributed by atoms with Crippen molar-refractivity contribution >= 4 is 31.6 Å². The minimum Gasteiger partial charge on any atom is -0.497 e. The largest absolute Gasteiger partial charge is 0.497 e. The maximum absolute atomic E-state index is 13.4. The number of hydrogen-bond acceptors (Lipinski definition) is 3. The lowest BCUT2D eigenvalue weighted by Gasteiger charge is -2.09. The van der Waals surface area contributed by atoms with E-state index in [0.717, 1.165) is 6.07 Å². The monoisotopic (exact) mass is 359 g/mol. The Bertz CT molecular complexity index is 717. The maximum Gasteiger partial charge on any atom is 0.261 e. The highest BCUT2D eigenvalue weighted by Crippen LogP contribution is 2.22. The summed E-state index contributed by atoms with van der Waals surface area (Å²) in [6.45, 7) is 0. The third-order valence-electron chi connectivity index (χ3n) is 2.54. The molecule has 2 rings (SSSR count). The van der Waals surface area contributed by atoms with E-state index in [9.17, 15) is 12.8 Å². The zero-order valence-electron chi connectivity index (χ0n) is 10.4. The van der Waals surface area contributed by atoms with Gasteiger partial charge in [-0.15, -0.1) is 0 Å². The van der Waals surface area contributed by atoms with Crippen molar-refractivity contribution in [1.82, 2.24) is 0 Å². The highest BCUT2D eigenvalue weighted by molar-refractivity contribution is 9.10. The predicted molar refractivity (Wildman–Crippen MR) is 77.9 cm³/mol. The van der Waals surface area contributed by atoms with Crippen molar-refractivity contribution in [2.45, 2.75) is 4.90 Å². The summed E-state index contributed by atoms with van der Waals surface area (Å²) in [6.07, 6.45) is 0. The minimum absolute atomic E-state index is 0.0710. The van der Waals surface area contributed by atoms with Crippen molar-refractivity contribution in [3.63, 3.8) is 0 Å². The van der Waals surface area contributed by atoms with E-state index in [2.05, 4.69) is 20.7 Å². The van der Waals surface area contributed by atoms with Gasteiger partial charge >= 0.3 is 0 Å². The van der Waals surface area contributed by atoms with Gasteiger partial charge in [0.2, 0.25) is 0 Å². The fourth-order valence-corrected chi connectivity index (χ4v) is 2.82. The van der Waals surface area contributed by atoms with Crippen molar-refractivity contribution in [2.75, 3.05) is 11.8 Å². The lowest BCUT2D eigenvalue weighted by atomic mass is 10.3. The molecule has 0 aliphatic carbocycles. The van der Waals surface area contributed by atoms with Crippen LogP contribution in [0.3, 0.4) is 0 Å². The van der Waals surface area contributed by atoms with Crippen molar-refractivity contribution in [3.8, 4) is 5.75 Å². The Balaban J connectivity index is 2.27. The fraction of sp³-hybridized carbons (Fsp3) is 0.0769. The summed E-state index contributed by atoms with van der Waals surface area (Å²) in [5.74, 6) is 0.0126. The normalized spacial score (nSPS) is 11.2. The van der Waals surface area contributed by atoms with Crippen molar-refractivity contribution < 1.29 is 17.5 Å². The first kappa shape index (κ1) is 14.8. The minimum atomic E-state index is -3.76. The van der Waals surface area contributed by atoms with Crippen LogP contribution in [-0.4, -0.2) is 15.5 Å². The molecule has 0 saturated heterocycles. The summed E-state index contributed by atoms with van der Waals surface area (Å²) in [4.78, 5) is 0.0710. The van der Waals surface area contributed by atoms with Crippen LogP contribution in [0.15, 0.2) is 51.8 Å². The maximum atomic E-state index is 13.4. The molecule has 0 aliphatic rings. The van der Waals surface area contributed by atoms with Crippen molar-refractivity contribution in [2.24, 2.45) is 0 Å². The quantitative estimate of drug-likeness (QED) is 0.909. The number of nitrogens with one attached hydrogen (secondary N) is 1. The molecule has 0 aliphatic heterocycles. The Hall–Kier alpha value is -1.60. The number of sulfonamides is 1. The topological polar surface area (TPSA) is 55.4 Å². The third kappa shape index (κ3) is 3.29. The number of benzene rings is 2. The number of methoxy groups -OCH3 is 1. The zero-order chi connectivity index (χ0) is 14.8. The number of anilines is 1. The second kappa shape index (κ2) is 5.80. The number of halogens is 2. The molecule has 0 heterocycles. The highest BCUT2D eigenvalue weighted by Gasteiger charge is 2.14. The van der Waals surface area contributed by atoms with Gasteiger partial charge in [0.25, 0.3) is 10.0 Å². The molecule has 0 atom stereocenters. The Labute approximate surface area is 124 Å². The Morgan fingerprint density at radius 1 is 1.15 bits per heavy atom. The molecule has 0 unspecified atom stereocenters. The molecule has 20 heavy (non-hydrogen) atoms. The number of ether oxygens (including phenoxy) is 1. The van der Waals surface area contributed by atoms with E-state index in [1.165, 1.54) is 43.5 Å². The molecule has 1 N–H and O–H groups in total. The Morgan fingerprint density at radius 3 is 2.35 bits per heavy atom.